The number of benzene rings is 2. The van der Waals surface area contributed by atoms with Gasteiger partial charge in [0.1, 0.15) is 0 Å². The first kappa shape index (κ1) is 18.6. The van der Waals surface area contributed by atoms with Gasteiger partial charge in [0.25, 0.3) is 0 Å². The van der Waals surface area contributed by atoms with Crippen LogP contribution >= 0.6 is 0 Å². The van der Waals surface area contributed by atoms with Crippen molar-refractivity contribution in [2.24, 2.45) is 5.73 Å². The summed E-state index contributed by atoms with van der Waals surface area (Å²) < 4.78 is 32.7. The van der Waals surface area contributed by atoms with Gasteiger partial charge >= 0.3 is 0 Å². The molecule has 2 N–H and O–H groups in total. The van der Waals surface area contributed by atoms with E-state index >= 15 is 0 Å². The topological polar surface area (TPSA) is 72.6 Å². The van der Waals surface area contributed by atoms with E-state index in [2.05, 4.69) is 0 Å². The Balaban J connectivity index is 2.25. The van der Waals surface area contributed by atoms with Crippen LogP contribution in [0.2, 0.25) is 0 Å². The molecule has 130 valence electrons. The first-order valence-electron chi connectivity index (χ1n) is 7.90. The van der Waals surface area contributed by atoms with Crippen molar-refractivity contribution in [1.82, 2.24) is 4.31 Å². The molecule has 6 heteroatoms. The van der Waals surface area contributed by atoms with Gasteiger partial charge in [-0.25, -0.2) is 8.42 Å². The second-order valence-corrected chi connectivity index (χ2v) is 7.38. The van der Waals surface area contributed by atoms with Gasteiger partial charge in [-0.2, -0.15) is 4.31 Å². The highest BCUT2D eigenvalue weighted by Crippen LogP contribution is 2.21. The van der Waals surface area contributed by atoms with Gasteiger partial charge in [-0.15, -0.1) is 0 Å². The molecule has 0 spiro atoms. The Morgan fingerprint density at radius 3 is 2.33 bits per heavy atom. The average Bonchev–Trinajstić information content (AvgIpc) is 2.60. The lowest BCUT2D eigenvalue weighted by atomic mass is 10.1. The minimum atomic E-state index is -3.61. The van der Waals surface area contributed by atoms with E-state index in [0.717, 1.165) is 5.56 Å². The molecule has 0 bridgehead atoms. The van der Waals surface area contributed by atoms with Gasteiger partial charge in [0.15, 0.2) is 0 Å². The molecule has 2 rings (SSSR count). The molecule has 24 heavy (non-hydrogen) atoms. The molecular formula is C18H24N2O3S. The van der Waals surface area contributed by atoms with Gasteiger partial charge in [-0.05, 0) is 23.6 Å². The Hall–Kier alpha value is -1.73. The minimum absolute atomic E-state index is 0.255. The number of rotatable bonds is 9. The lowest BCUT2D eigenvalue weighted by Crippen LogP contribution is -2.37. The molecule has 0 aromatic heterocycles. The first-order valence-corrected chi connectivity index (χ1v) is 9.34. The molecule has 0 radical (unpaired) electrons. The van der Waals surface area contributed by atoms with E-state index in [0.29, 0.717) is 18.5 Å². The van der Waals surface area contributed by atoms with E-state index in [-0.39, 0.29) is 24.6 Å². The van der Waals surface area contributed by atoms with Crippen molar-refractivity contribution < 1.29 is 13.2 Å². The van der Waals surface area contributed by atoms with Gasteiger partial charge in [-0.1, -0.05) is 48.5 Å². The maximum Gasteiger partial charge on any atom is 0.243 e. The number of nitrogens with two attached hydrogens (primary N) is 1. The quantitative estimate of drug-likeness (QED) is 0.752. The van der Waals surface area contributed by atoms with Gasteiger partial charge < -0.3 is 10.5 Å². The zero-order valence-corrected chi connectivity index (χ0v) is 14.7. The van der Waals surface area contributed by atoms with E-state index in [1.54, 1.807) is 25.3 Å². The summed E-state index contributed by atoms with van der Waals surface area (Å²) >= 11 is 0. The Bertz CT molecular complexity index is 733. The third-order valence-electron chi connectivity index (χ3n) is 3.76. The summed E-state index contributed by atoms with van der Waals surface area (Å²) in [6, 6.07) is 16.8. The fourth-order valence-corrected chi connectivity index (χ4v) is 4.23. The molecule has 0 heterocycles. The summed E-state index contributed by atoms with van der Waals surface area (Å²) in [6.45, 7) is 1.21. The first-order chi connectivity index (χ1) is 11.6. The highest BCUT2D eigenvalue weighted by molar-refractivity contribution is 7.89. The molecule has 0 aliphatic heterocycles. The Labute approximate surface area is 144 Å². The summed E-state index contributed by atoms with van der Waals surface area (Å²) in [7, 11) is -2.06. The van der Waals surface area contributed by atoms with Crippen molar-refractivity contribution in [3.05, 3.63) is 65.7 Å². The minimum Gasteiger partial charge on any atom is -0.380 e. The Morgan fingerprint density at radius 1 is 1.00 bits per heavy atom. The predicted molar refractivity (Wildman–Crippen MR) is 95.1 cm³/mol. The molecule has 0 atom stereocenters. The Kier molecular flexibility index (Phi) is 6.93. The zero-order chi connectivity index (χ0) is 17.4. The summed E-state index contributed by atoms with van der Waals surface area (Å²) in [6.07, 6.45) is 0.645. The van der Waals surface area contributed by atoms with Crippen molar-refractivity contribution in [1.29, 1.82) is 0 Å². The number of nitrogens with zero attached hydrogens (tertiary/aromatic N) is 1. The second kappa shape index (κ2) is 8.94. The molecular weight excluding hydrogens is 324 g/mol. The van der Waals surface area contributed by atoms with E-state index in [4.69, 9.17) is 10.5 Å². The third-order valence-corrected chi connectivity index (χ3v) is 5.76. The van der Waals surface area contributed by atoms with Crippen molar-refractivity contribution in [2.75, 3.05) is 26.7 Å². The number of hydrogen-bond donors (Lipinski definition) is 1. The van der Waals surface area contributed by atoms with Crippen molar-refractivity contribution in [3.8, 4) is 0 Å². The van der Waals surface area contributed by atoms with Crippen LogP contribution in [0.4, 0.5) is 0 Å². The maximum absolute atomic E-state index is 13.1. The highest BCUT2D eigenvalue weighted by Gasteiger charge is 2.26. The van der Waals surface area contributed by atoms with E-state index in [1.165, 1.54) is 4.31 Å². The predicted octanol–water partition coefficient (Wildman–Crippen LogP) is 2.03. The van der Waals surface area contributed by atoms with E-state index in [1.807, 2.05) is 36.4 Å². The third kappa shape index (κ3) is 4.64. The molecule has 2 aromatic rings. The zero-order valence-electron chi connectivity index (χ0n) is 13.9. The van der Waals surface area contributed by atoms with Gasteiger partial charge in [0.05, 0.1) is 11.5 Å². The van der Waals surface area contributed by atoms with Crippen LogP contribution in [0, 0.1) is 0 Å². The smallest absolute Gasteiger partial charge is 0.243 e. The molecule has 2 aromatic carbocycles. The highest BCUT2D eigenvalue weighted by atomic mass is 32.2. The fourth-order valence-electron chi connectivity index (χ4n) is 2.56. The van der Waals surface area contributed by atoms with Crippen LogP contribution in [0.5, 0.6) is 0 Å². The van der Waals surface area contributed by atoms with Crippen LogP contribution in [-0.4, -0.2) is 39.5 Å². The van der Waals surface area contributed by atoms with Gasteiger partial charge in [0.2, 0.25) is 10.0 Å². The van der Waals surface area contributed by atoms with Crippen molar-refractivity contribution in [3.63, 3.8) is 0 Å². The molecule has 0 saturated heterocycles. The fraction of sp³-hybridized carbons (Fsp3) is 0.333. The van der Waals surface area contributed by atoms with Crippen LogP contribution in [0.1, 0.15) is 11.1 Å². The van der Waals surface area contributed by atoms with Crippen LogP contribution in [0.15, 0.2) is 59.5 Å². The molecule has 5 nitrogen and oxygen atoms in total. The molecule has 0 aliphatic rings. The van der Waals surface area contributed by atoms with Crippen LogP contribution in [0.3, 0.4) is 0 Å². The van der Waals surface area contributed by atoms with Crippen molar-refractivity contribution in [2.45, 2.75) is 17.9 Å². The number of methoxy groups -OCH3 is 1. The maximum atomic E-state index is 13.1. The number of ether oxygens (including phenoxy) is 1. The summed E-state index contributed by atoms with van der Waals surface area (Å²) in [5.41, 5.74) is 7.39. The number of sulfonamides is 1. The average molecular weight is 348 g/mol. The lowest BCUT2D eigenvalue weighted by Gasteiger charge is -2.23. The molecule has 0 unspecified atom stereocenters. The van der Waals surface area contributed by atoms with Crippen molar-refractivity contribution >= 4 is 10.0 Å². The Morgan fingerprint density at radius 2 is 1.67 bits per heavy atom. The van der Waals surface area contributed by atoms with Crippen LogP contribution in [-0.2, 0) is 27.8 Å². The molecule has 0 amide bonds. The molecule has 0 aliphatic carbocycles. The van der Waals surface area contributed by atoms with Crippen LogP contribution in [0.25, 0.3) is 0 Å². The lowest BCUT2D eigenvalue weighted by molar-refractivity contribution is 0.182. The summed E-state index contributed by atoms with van der Waals surface area (Å²) in [5, 5.41) is 0. The van der Waals surface area contributed by atoms with Gasteiger partial charge in [-0.3, -0.25) is 0 Å². The monoisotopic (exact) mass is 348 g/mol. The summed E-state index contributed by atoms with van der Waals surface area (Å²) in [4.78, 5) is 0.286. The largest absolute Gasteiger partial charge is 0.380 e. The second-order valence-electron chi connectivity index (χ2n) is 5.47. The SMILES string of the molecule is COCc1ccccc1S(=O)(=O)N(CCN)CCc1ccccc1. The van der Waals surface area contributed by atoms with E-state index < -0.39 is 10.0 Å². The number of hydrogen-bond acceptors (Lipinski definition) is 4. The molecule has 0 saturated carbocycles. The van der Waals surface area contributed by atoms with Gasteiger partial charge in [0, 0.05) is 26.7 Å². The van der Waals surface area contributed by atoms with E-state index in [9.17, 15) is 8.42 Å². The standard InChI is InChI=1S/C18H24N2O3S/c1-23-15-17-9-5-6-10-18(17)24(21,22)20(14-12-19)13-11-16-7-3-2-4-8-16/h2-10H,11-15,19H2,1H3. The normalized spacial score (nSPS) is 11.8. The van der Waals surface area contributed by atoms with Crippen LogP contribution < -0.4 is 5.73 Å². The molecule has 0 fully saturated rings. The summed E-state index contributed by atoms with van der Waals surface area (Å²) in [5.74, 6) is 0.